The van der Waals surface area contributed by atoms with Gasteiger partial charge in [0.2, 0.25) is 0 Å². The third-order valence-electron chi connectivity index (χ3n) is 4.72. The molecule has 4 aromatic rings. The molecule has 0 fully saturated rings. The molecule has 32 heavy (non-hydrogen) atoms. The lowest BCUT2D eigenvalue weighted by Gasteiger charge is -2.07. The van der Waals surface area contributed by atoms with E-state index in [-0.39, 0.29) is 5.91 Å². The van der Waals surface area contributed by atoms with E-state index in [1.165, 1.54) is 11.3 Å². The summed E-state index contributed by atoms with van der Waals surface area (Å²) in [4.78, 5) is 17.2. The number of carbonyl (C=O) groups is 1. The topological polar surface area (TPSA) is 60.5 Å². The first-order valence-electron chi connectivity index (χ1n) is 10.5. The van der Waals surface area contributed by atoms with Gasteiger partial charge in [0.05, 0.1) is 12.3 Å². The van der Waals surface area contributed by atoms with Gasteiger partial charge in [-0.3, -0.25) is 10.1 Å². The number of hydrogen-bond acceptors (Lipinski definition) is 5. The van der Waals surface area contributed by atoms with Gasteiger partial charge in [-0.25, -0.2) is 4.98 Å². The van der Waals surface area contributed by atoms with Crippen molar-refractivity contribution in [1.29, 1.82) is 0 Å². The van der Waals surface area contributed by atoms with E-state index in [0.717, 1.165) is 35.6 Å². The molecule has 162 valence electrons. The fourth-order valence-electron chi connectivity index (χ4n) is 3.01. The number of amides is 1. The molecule has 1 heterocycles. The molecule has 1 amide bonds. The van der Waals surface area contributed by atoms with Gasteiger partial charge in [-0.1, -0.05) is 37.6 Å². The summed E-state index contributed by atoms with van der Waals surface area (Å²) in [5.41, 5.74) is 2.29. The zero-order chi connectivity index (χ0) is 22.2. The van der Waals surface area contributed by atoms with Crippen LogP contribution in [0.3, 0.4) is 0 Å². The SMILES string of the molecule is CCCCOc1cccc(C(=O)Nc2nc(-c3ccc(Oc4ccccc4)cc3)cs2)c1. The van der Waals surface area contributed by atoms with Crippen LogP contribution in [0.4, 0.5) is 5.13 Å². The molecular formula is C26H24N2O3S. The predicted molar refractivity (Wildman–Crippen MR) is 129 cm³/mol. The zero-order valence-electron chi connectivity index (χ0n) is 17.8. The molecule has 0 bridgehead atoms. The molecule has 4 rings (SSSR count). The van der Waals surface area contributed by atoms with Crippen LogP contribution >= 0.6 is 11.3 Å². The summed E-state index contributed by atoms with van der Waals surface area (Å²) >= 11 is 1.39. The van der Waals surface area contributed by atoms with Crippen molar-refractivity contribution in [2.45, 2.75) is 19.8 Å². The lowest BCUT2D eigenvalue weighted by Crippen LogP contribution is -2.11. The minimum absolute atomic E-state index is 0.210. The molecule has 0 saturated heterocycles. The number of rotatable bonds is 9. The van der Waals surface area contributed by atoms with Gasteiger partial charge in [0, 0.05) is 16.5 Å². The van der Waals surface area contributed by atoms with E-state index in [2.05, 4.69) is 17.2 Å². The highest BCUT2D eigenvalue weighted by Gasteiger charge is 2.11. The van der Waals surface area contributed by atoms with E-state index in [9.17, 15) is 4.79 Å². The normalized spacial score (nSPS) is 10.5. The first-order valence-corrected chi connectivity index (χ1v) is 11.4. The Labute approximate surface area is 191 Å². The van der Waals surface area contributed by atoms with Crippen LogP contribution in [-0.4, -0.2) is 17.5 Å². The fraction of sp³-hybridized carbons (Fsp3) is 0.154. The first kappa shape index (κ1) is 21.6. The van der Waals surface area contributed by atoms with Crippen LogP contribution in [0.25, 0.3) is 11.3 Å². The maximum atomic E-state index is 12.6. The number of anilines is 1. The Morgan fingerprint density at radius 2 is 1.69 bits per heavy atom. The molecule has 0 aliphatic carbocycles. The predicted octanol–water partition coefficient (Wildman–Crippen LogP) is 7.03. The van der Waals surface area contributed by atoms with E-state index < -0.39 is 0 Å². The Balaban J connectivity index is 1.38. The number of hydrogen-bond donors (Lipinski definition) is 1. The minimum Gasteiger partial charge on any atom is -0.494 e. The molecule has 3 aromatic carbocycles. The molecule has 6 heteroatoms. The van der Waals surface area contributed by atoms with Crippen molar-refractivity contribution >= 4 is 22.4 Å². The number of nitrogens with one attached hydrogen (secondary N) is 1. The van der Waals surface area contributed by atoms with Crippen LogP contribution in [0, 0.1) is 0 Å². The molecule has 1 N–H and O–H groups in total. The number of unbranched alkanes of at least 4 members (excludes halogenated alkanes) is 1. The molecule has 0 atom stereocenters. The smallest absolute Gasteiger partial charge is 0.257 e. The van der Waals surface area contributed by atoms with Gasteiger partial charge in [0.15, 0.2) is 5.13 Å². The Morgan fingerprint density at radius 3 is 2.47 bits per heavy atom. The maximum Gasteiger partial charge on any atom is 0.257 e. The number of benzene rings is 3. The van der Waals surface area contributed by atoms with Crippen molar-refractivity contribution in [3.05, 3.63) is 89.8 Å². The minimum atomic E-state index is -0.210. The van der Waals surface area contributed by atoms with Crippen molar-refractivity contribution in [1.82, 2.24) is 4.98 Å². The number of aromatic nitrogens is 1. The molecular weight excluding hydrogens is 420 g/mol. The van der Waals surface area contributed by atoms with E-state index >= 15 is 0 Å². The van der Waals surface area contributed by atoms with Crippen molar-refractivity contribution in [3.63, 3.8) is 0 Å². The summed E-state index contributed by atoms with van der Waals surface area (Å²) in [7, 11) is 0. The van der Waals surface area contributed by atoms with Crippen LogP contribution in [0.15, 0.2) is 84.2 Å². The Hall–Kier alpha value is -3.64. The van der Waals surface area contributed by atoms with Gasteiger partial charge in [0.25, 0.3) is 5.91 Å². The fourth-order valence-corrected chi connectivity index (χ4v) is 3.73. The number of thiazole rings is 1. The highest BCUT2D eigenvalue weighted by molar-refractivity contribution is 7.14. The second-order valence-electron chi connectivity index (χ2n) is 7.16. The quantitative estimate of drug-likeness (QED) is 0.281. The van der Waals surface area contributed by atoms with Crippen molar-refractivity contribution < 1.29 is 14.3 Å². The van der Waals surface area contributed by atoms with Crippen molar-refractivity contribution in [2.24, 2.45) is 0 Å². The van der Waals surface area contributed by atoms with Crippen LogP contribution < -0.4 is 14.8 Å². The monoisotopic (exact) mass is 444 g/mol. The van der Waals surface area contributed by atoms with E-state index in [1.807, 2.05) is 72.1 Å². The molecule has 0 aliphatic rings. The second-order valence-corrected chi connectivity index (χ2v) is 8.02. The Kier molecular flexibility index (Phi) is 7.15. The summed E-state index contributed by atoms with van der Waals surface area (Å²) in [6.45, 7) is 2.76. The van der Waals surface area contributed by atoms with Crippen molar-refractivity contribution in [3.8, 4) is 28.5 Å². The van der Waals surface area contributed by atoms with Gasteiger partial charge in [-0.15, -0.1) is 11.3 Å². The molecule has 0 radical (unpaired) electrons. The molecule has 0 spiro atoms. The Bertz CT molecular complexity index is 1160. The molecule has 0 unspecified atom stereocenters. The lowest BCUT2D eigenvalue weighted by molar-refractivity contribution is 0.102. The summed E-state index contributed by atoms with van der Waals surface area (Å²) in [6, 6.07) is 24.6. The highest BCUT2D eigenvalue weighted by Crippen LogP contribution is 2.28. The zero-order valence-corrected chi connectivity index (χ0v) is 18.6. The van der Waals surface area contributed by atoms with Gasteiger partial charge >= 0.3 is 0 Å². The van der Waals surface area contributed by atoms with Gasteiger partial charge in [0.1, 0.15) is 17.2 Å². The molecule has 1 aromatic heterocycles. The summed E-state index contributed by atoms with van der Waals surface area (Å²) in [6.07, 6.45) is 2.05. The van der Waals surface area contributed by atoms with E-state index in [1.54, 1.807) is 12.1 Å². The Morgan fingerprint density at radius 1 is 0.938 bits per heavy atom. The summed E-state index contributed by atoms with van der Waals surface area (Å²) in [5.74, 6) is 2.03. The van der Waals surface area contributed by atoms with Crippen LogP contribution in [0.5, 0.6) is 17.2 Å². The van der Waals surface area contributed by atoms with Gasteiger partial charge in [-0.05, 0) is 61.0 Å². The van der Waals surface area contributed by atoms with E-state index in [4.69, 9.17) is 9.47 Å². The van der Waals surface area contributed by atoms with E-state index in [0.29, 0.717) is 23.1 Å². The average Bonchev–Trinajstić information content (AvgIpc) is 3.29. The third-order valence-corrected chi connectivity index (χ3v) is 5.47. The number of nitrogens with zero attached hydrogens (tertiary/aromatic N) is 1. The number of carbonyl (C=O) groups excluding carboxylic acids is 1. The molecule has 5 nitrogen and oxygen atoms in total. The van der Waals surface area contributed by atoms with Gasteiger partial charge < -0.3 is 9.47 Å². The lowest BCUT2D eigenvalue weighted by atomic mass is 10.2. The van der Waals surface area contributed by atoms with Crippen LogP contribution in [0.1, 0.15) is 30.1 Å². The average molecular weight is 445 g/mol. The molecule has 0 saturated carbocycles. The maximum absolute atomic E-state index is 12.6. The summed E-state index contributed by atoms with van der Waals surface area (Å²) < 4.78 is 11.5. The van der Waals surface area contributed by atoms with Crippen LogP contribution in [0.2, 0.25) is 0 Å². The first-order chi connectivity index (χ1) is 15.7. The number of para-hydroxylation sites is 1. The highest BCUT2D eigenvalue weighted by atomic mass is 32.1. The van der Waals surface area contributed by atoms with Crippen molar-refractivity contribution in [2.75, 3.05) is 11.9 Å². The molecule has 0 aliphatic heterocycles. The largest absolute Gasteiger partial charge is 0.494 e. The van der Waals surface area contributed by atoms with Crippen LogP contribution in [-0.2, 0) is 0 Å². The standard InChI is InChI=1S/C26H24N2O3S/c1-2-3-16-30-23-11-7-8-20(17-23)25(29)28-26-27-24(18-32-26)19-12-14-22(15-13-19)31-21-9-5-4-6-10-21/h4-15,17-18H,2-3,16H2,1H3,(H,27,28,29). The number of ether oxygens (including phenoxy) is 2. The van der Waals surface area contributed by atoms with Gasteiger partial charge in [-0.2, -0.15) is 0 Å². The summed E-state index contributed by atoms with van der Waals surface area (Å²) in [5, 5.41) is 5.35. The third kappa shape index (κ3) is 5.74. The second kappa shape index (κ2) is 10.6.